The molecule has 0 atom stereocenters. The minimum atomic E-state index is 0.691. The molecule has 1 aromatic carbocycles. The van der Waals surface area contributed by atoms with Crippen LogP contribution in [0.2, 0.25) is 5.02 Å². The van der Waals surface area contributed by atoms with Crippen molar-refractivity contribution < 1.29 is 0 Å². The van der Waals surface area contributed by atoms with Crippen molar-refractivity contribution in [2.45, 2.75) is 38.6 Å². The fourth-order valence-electron chi connectivity index (χ4n) is 4.09. The van der Waals surface area contributed by atoms with Gasteiger partial charge < -0.3 is 15.1 Å². The summed E-state index contributed by atoms with van der Waals surface area (Å²) < 4.78 is 0. The van der Waals surface area contributed by atoms with E-state index in [1.54, 1.807) is 6.20 Å². The molecule has 0 saturated carbocycles. The molecular formula is C22H29ClN4. The second-order valence-corrected chi connectivity index (χ2v) is 8.05. The summed E-state index contributed by atoms with van der Waals surface area (Å²) in [5, 5.41) is 3.91. The van der Waals surface area contributed by atoms with Gasteiger partial charge in [0.15, 0.2) is 0 Å². The van der Waals surface area contributed by atoms with Gasteiger partial charge in [0.1, 0.15) is 5.82 Å². The van der Waals surface area contributed by atoms with E-state index in [4.69, 9.17) is 11.6 Å². The highest BCUT2D eigenvalue weighted by Crippen LogP contribution is 2.28. The van der Waals surface area contributed by atoms with Crippen LogP contribution in [0.5, 0.6) is 0 Å². The Balaban J connectivity index is 0.000000314. The van der Waals surface area contributed by atoms with E-state index >= 15 is 0 Å². The molecule has 0 unspecified atom stereocenters. The Morgan fingerprint density at radius 1 is 0.852 bits per heavy atom. The van der Waals surface area contributed by atoms with Gasteiger partial charge in [0.2, 0.25) is 0 Å². The molecule has 3 aliphatic rings. The molecule has 1 aromatic heterocycles. The number of nitrogens with zero attached hydrogens (tertiary/aromatic N) is 3. The summed E-state index contributed by atoms with van der Waals surface area (Å²) in [6.07, 6.45) is 8.24. The first-order valence-corrected chi connectivity index (χ1v) is 10.6. The maximum absolute atomic E-state index is 5.93. The number of rotatable bonds is 2. The molecule has 0 amide bonds. The Kier molecular flexibility index (Phi) is 6.15. The SMILES string of the molecule is C1CCNC1.Clc1ccc(N2CCc3cc(N4CCCC4)ccc3C2)nc1. The van der Waals surface area contributed by atoms with Crippen LogP contribution in [0.15, 0.2) is 36.5 Å². The van der Waals surface area contributed by atoms with E-state index in [-0.39, 0.29) is 0 Å². The molecule has 5 rings (SSSR count). The Morgan fingerprint density at radius 2 is 1.67 bits per heavy atom. The van der Waals surface area contributed by atoms with Gasteiger partial charge >= 0.3 is 0 Å². The molecule has 2 fully saturated rings. The highest BCUT2D eigenvalue weighted by Gasteiger charge is 2.19. The van der Waals surface area contributed by atoms with Gasteiger partial charge in [0, 0.05) is 38.1 Å². The van der Waals surface area contributed by atoms with Gasteiger partial charge in [-0.15, -0.1) is 0 Å². The van der Waals surface area contributed by atoms with E-state index in [1.807, 2.05) is 12.1 Å². The number of anilines is 2. The van der Waals surface area contributed by atoms with Crippen LogP contribution in [0.4, 0.5) is 11.5 Å². The van der Waals surface area contributed by atoms with E-state index in [0.29, 0.717) is 5.02 Å². The normalized spacial score (nSPS) is 18.9. The number of pyridine rings is 1. The number of fused-ring (bicyclic) bond motifs is 1. The zero-order valence-electron chi connectivity index (χ0n) is 16.0. The summed E-state index contributed by atoms with van der Waals surface area (Å²) in [4.78, 5) is 9.28. The van der Waals surface area contributed by atoms with Crippen LogP contribution >= 0.6 is 11.6 Å². The lowest BCUT2D eigenvalue weighted by Crippen LogP contribution is -2.31. The smallest absolute Gasteiger partial charge is 0.128 e. The number of nitrogens with one attached hydrogen (secondary N) is 1. The number of benzene rings is 1. The predicted molar refractivity (Wildman–Crippen MR) is 114 cm³/mol. The van der Waals surface area contributed by atoms with Crippen molar-refractivity contribution in [3.8, 4) is 0 Å². The monoisotopic (exact) mass is 384 g/mol. The van der Waals surface area contributed by atoms with Gasteiger partial charge in [-0.05, 0) is 80.6 Å². The number of aromatic nitrogens is 1. The maximum atomic E-state index is 5.93. The van der Waals surface area contributed by atoms with E-state index in [1.165, 1.54) is 68.7 Å². The van der Waals surface area contributed by atoms with Gasteiger partial charge in [-0.2, -0.15) is 0 Å². The molecule has 0 radical (unpaired) electrons. The summed E-state index contributed by atoms with van der Waals surface area (Å²) in [5.41, 5.74) is 4.31. The highest BCUT2D eigenvalue weighted by atomic mass is 35.5. The molecule has 0 spiro atoms. The van der Waals surface area contributed by atoms with Crippen LogP contribution in [-0.2, 0) is 13.0 Å². The highest BCUT2D eigenvalue weighted by molar-refractivity contribution is 6.30. The van der Waals surface area contributed by atoms with Gasteiger partial charge in [-0.25, -0.2) is 4.98 Å². The Hall–Kier alpha value is -1.78. The van der Waals surface area contributed by atoms with Crippen LogP contribution in [0.25, 0.3) is 0 Å². The fraction of sp³-hybridized carbons (Fsp3) is 0.500. The first-order valence-electron chi connectivity index (χ1n) is 10.2. The topological polar surface area (TPSA) is 31.4 Å². The van der Waals surface area contributed by atoms with E-state index in [9.17, 15) is 0 Å². The molecule has 27 heavy (non-hydrogen) atoms. The summed E-state index contributed by atoms with van der Waals surface area (Å²) in [6, 6.07) is 10.9. The van der Waals surface area contributed by atoms with Crippen molar-refractivity contribution in [2.75, 3.05) is 42.5 Å². The summed E-state index contributed by atoms with van der Waals surface area (Å²) in [7, 11) is 0. The number of hydrogen-bond acceptors (Lipinski definition) is 4. The van der Waals surface area contributed by atoms with Crippen molar-refractivity contribution in [3.05, 3.63) is 52.7 Å². The molecule has 2 aromatic rings. The molecule has 3 aliphatic heterocycles. The van der Waals surface area contributed by atoms with E-state index in [0.717, 1.165) is 25.3 Å². The summed E-state index contributed by atoms with van der Waals surface area (Å²) in [6.45, 7) is 6.87. The molecule has 144 valence electrons. The molecule has 4 heterocycles. The minimum absolute atomic E-state index is 0.691. The van der Waals surface area contributed by atoms with E-state index in [2.05, 4.69) is 38.3 Å². The maximum Gasteiger partial charge on any atom is 0.128 e. The first kappa shape index (κ1) is 18.6. The fourth-order valence-corrected chi connectivity index (χ4v) is 4.20. The lowest BCUT2D eigenvalue weighted by atomic mass is 9.98. The Morgan fingerprint density at radius 3 is 2.33 bits per heavy atom. The second-order valence-electron chi connectivity index (χ2n) is 7.61. The standard InChI is InChI=1S/C18H20ClN3.C4H9N/c19-16-4-6-18(20-12-16)22-10-7-14-11-17(5-3-15(14)13-22)21-8-1-2-9-21;1-2-4-5-3-1/h3-6,11-12H,1-2,7-10,13H2;5H,1-4H2. The molecule has 5 heteroatoms. The molecule has 0 bridgehead atoms. The largest absolute Gasteiger partial charge is 0.372 e. The minimum Gasteiger partial charge on any atom is -0.372 e. The lowest BCUT2D eigenvalue weighted by Gasteiger charge is -2.31. The van der Waals surface area contributed by atoms with Crippen LogP contribution in [0.3, 0.4) is 0 Å². The van der Waals surface area contributed by atoms with Crippen LogP contribution in [-0.4, -0.2) is 37.7 Å². The van der Waals surface area contributed by atoms with Gasteiger partial charge in [-0.3, -0.25) is 0 Å². The summed E-state index contributed by atoms with van der Waals surface area (Å²) >= 11 is 5.93. The van der Waals surface area contributed by atoms with Crippen LogP contribution in [0, 0.1) is 0 Å². The van der Waals surface area contributed by atoms with Gasteiger partial charge in [0.05, 0.1) is 5.02 Å². The van der Waals surface area contributed by atoms with Crippen LogP contribution < -0.4 is 15.1 Å². The number of halogens is 1. The van der Waals surface area contributed by atoms with Gasteiger partial charge in [-0.1, -0.05) is 17.7 Å². The first-order chi connectivity index (χ1) is 13.3. The molecule has 4 nitrogen and oxygen atoms in total. The van der Waals surface area contributed by atoms with E-state index < -0.39 is 0 Å². The second kappa shape index (κ2) is 8.94. The van der Waals surface area contributed by atoms with Crippen molar-refractivity contribution >= 4 is 23.1 Å². The average Bonchev–Trinajstić information content (AvgIpc) is 3.44. The van der Waals surface area contributed by atoms with Crippen molar-refractivity contribution in [1.82, 2.24) is 10.3 Å². The van der Waals surface area contributed by atoms with Crippen molar-refractivity contribution in [3.63, 3.8) is 0 Å². The van der Waals surface area contributed by atoms with Gasteiger partial charge in [0.25, 0.3) is 0 Å². The average molecular weight is 385 g/mol. The molecule has 1 N–H and O–H groups in total. The third-order valence-corrected chi connectivity index (χ3v) is 5.89. The zero-order chi connectivity index (χ0) is 18.5. The predicted octanol–water partition coefficient (Wildman–Crippen LogP) is 4.27. The Labute approximate surface area is 167 Å². The lowest BCUT2D eigenvalue weighted by molar-refractivity contribution is 0.720. The van der Waals surface area contributed by atoms with Crippen LogP contribution in [0.1, 0.15) is 36.8 Å². The quantitative estimate of drug-likeness (QED) is 0.837. The molecule has 0 aliphatic carbocycles. The van der Waals surface area contributed by atoms with Crippen molar-refractivity contribution in [1.29, 1.82) is 0 Å². The zero-order valence-corrected chi connectivity index (χ0v) is 16.7. The molecular weight excluding hydrogens is 356 g/mol. The summed E-state index contributed by atoms with van der Waals surface area (Å²) in [5.74, 6) is 1.01. The molecule has 2 saturated heterocycles. The van der Waals surface area contributed by atoms with Crippen molar-refractivity contribution in [2.24, 2.45) is 0 Å². The number of hydrogen-bond donors (Lipinski definition) is 1. The third-order valence-electron chi connectivity index (χ3n) is 5.67. The Bertz CT molecular complexity index is 729. The third kappa shape index (κ3) is 4.74.